The summed E-state index contributed by atoms with van der Waals surface area (Å²) in [5, 5.41) is 5.55. The van der Waals surface area contributed by atoms with Crippen LogP contribution in [0.15, 0.2) is 48.5 Å². The smallest absolute Gasteiger partial charge is 0.224 e. The second kappa shape index (κ2) is 7.41. The quantitative estimate of drug-likeness (QED) is 0.887. The fraction of sp³-hybridized carbons (Fsp3) is 0.222. The van der Waals surface area contributed by atoms with E-state index in [-0.39, 0.29) is 11.8 Å². The van der Waals surface area contributed by atoms with Gasteiger partial charge in [-0.25, -0.2) is 0 Å². The van der Waals surface area contributed by atoms with Gasteiger partial charge in [-0.3, -0.25) is 9.59 Å². The number of carbonyl (C=O) groups is 2. The molecule has 0 saturated carbocycles. The first kappa shape index (κ1) is 15.8. The molecule has 0 aliphatic carbocycles. The summed E-state index contributed by atoms with van der Waals surface area (Å²) in [4.78, 5) is 23.1. The molecule has 0 spiro atoms. The Morgan fingerprint density at radius 1 is 0.955 bits per heavy atom. The maximum Gasteiger partial charge on any atom is 0.224 e. The van der Waals surface area contributed by atoms with Crippen molar-refractivity contribution in [2.24, 2.45) is 0 Å². The minimum absolute atomic E-state index is 0.0387. The van der Waals surface area contributed by atoms with Crippen molar-refractivity contribution in [1.29, 1.82) is 0 Å². The number of aryl methyl sites for hydroxylation is 2. The van der Waals surface area contributed by atoms with Gasteiger partial charge in [0.15, 0.2) is 0 Å². The van der Waals surface area contributed by atoms with Crippen molar-refractivity contribution < 1.29 is 9.59 Å². The fourth-order valence-electron chi connectivity index (χ4n) is 2.24. The molecular weight excluding hydrogens is 276 g/mol. The average molecular weight is 296 g/mol. The second-order valence-electron chi connectivity index (χ2n) is 5.24. The van der Waals surface area contributed by atoms with E-state index in [1.807, 2.05) is 31.2 Å². The normalized spacial score (nSPS) is 10.1. The number of anilines is 2. The summed E-state index contributed by atoms with van der Waals surface area (Å²) in [7, 11) is 0. The van der Waals surface area contributed by atoms with E-state index < -0.39 is 0 Å². The highest BCUT2D eigenvalue weighted by Gasteiger charge is 2.05. The van der Waals surface area contributed by atoms with Gasteiger partial charge >= 0.3 is 0 Å². The fourth-order valence-corrected chi connectivity index (χ4v) is 2.24. The summed E-state index contributed by atoms with van der Waals surface area (Å²) in [6.07, 6.45) is 1.14. The molecule has 0 aliphatic heterocycles. The van der Waals surface area contributed by atoms with Gasteiger partial charge in [-0.15, -0.1) is 0 Å². The number of hydrogen-bond acceptors (Lipinski definition) is 2. The van der Waals surface area contributed by atoms with Gasteiger partial charge in [0.1, 0.15) is 0 Å². The molecule has 0 atom stereocenters. The molecule has 0 aliphatic rings. The van der Waals surface area contributed by atoms with E-state index in [2.05, 4.69) is 10.6 Å². The molecule has 4 heteroatoms. The Labute approximate surface area is 130 Å². The van der Waals surface area contributed by atoms with E-state index in [4.69, 9.17) is 0 Å². The van der Waals surface area contributed by atoms with Gasteiger partial charge < -0.3 is 10.6 Å². The molecule has 2 aromatic carbocycles. The first-order valence-corrected chi connectivity index (χ1v) is 7.26. The summed E-state index contributed by atoms with van der Waals surface area (Å²) in [5.74, 6) is -0.175. The number of rotatable bonds is 5. The van der Waals surface area contributed by atoms with Crippen LogP contribution in [-0.2, 0) is 16.0 Å². The molecule has 22 heavy (non-hydrogen) atoms. The SMILES string of the molecule is CC(=O)Nc1cccc(NC(=O)CCc2ccccc2C)c1. The van der Waals surface area contributed by atoms with Crippen molar-refractivity contribution in [2.75, 3.05) is 10.6 Å². The third-order valence-corrected chi connectivity index (χ3v) is 3.35. The molecular formula is C18H20N2O2. The highest BCUT2D eigenvalue weighted by molar-refractivity contribution is 5.93. The van der Waals surface area contributed by atoms with E-state index in [0.29, 0.717) is 24.2 Å². The lowest BCUT2D eigenvalue weighted by molar-refractivity contribution is -0.116. The molecule has 4 nitrogen and oxygen atoms in total. The van der Waals surface area contributed by atoms with Crippen LogP contribution in [0.5, 0.6) is 0 Å². The van der Waals surface area contributed by atoms with Crippen molar-refractivity contribution >= 4 is 23.2 Å². The zero-order valence-corrected chi connectivity index (χ0v) is 12.8. The van der Waals surface area contributed by atoms with Gasteiger partial charge in [0.25, 0.3) is 0 Å². The summed E-state index contributed by atoms with van der Waals surface area (Å²) in [5.41, 5.74) is 3.73. The van der Waals surface area contributed by atoms with Crippen LogP contribution in [-0.4, -0.2) is 11.8 Å². The molecule has 0 radical (unpaired) electrons. The van der Waals surface area contributed by atoms with E-state index in [9.17, 15) is 9.59 Å². The van der Waals surface area contributed by atoms with Crippen LogP contribution in [0.4, 0.5) is 11.4 Å². The lowest BCUT2D eigenvalue weighted by atomic mass is 10.0. The van der Waals surface area contributed by atoms with Crippen LogP contribution in [0.1, 0.15) is 24.5 Å². The molecule has 2 aromatic rings. The molecule has 0 unspecified atom stereocenters. The largest absolute Gasteiger partial charge is 0.326 e. The maximum atomic E-state index is 12.0. The van der Waals surface area contributed by atoms with Crippen molar-refractivity contribution in [3.63, 3.8) is 0 Å². The van der Waals surface area contributed by atoms with Gasteiger partial charge in [0.05, 0.1) is 0 Å². The van der Waals surface area contributed by atoms with Crippen LogP contribution in [0.2, 0.25) is 0 Å². The second-order valence-corrected chi connectivity index (χ2v) is 5.24. The Bertz CT molecular complexity index is 680. The molecule has 114 valence electrons. The Hall–Kier alpha value is -2.62. The number of nitrogens with one attached hydrogen (secondary N) is 2. The molecule has 2 N–H and O–H groups in total. The zero-order chi connectivity index (χ0) is 15.9. The van der Waals surface area contributed by atoms with Gasteiger partial charge in [-0.1, -0.05) is 30.3 Å². The number of carbonyl (C=O) groups excluding carboxylic acids is 2. The summed E-state index contributed by atoms with van der Waals surface area (Å²) < 4.78 is 0. The van der Waals surface area contributed by atoms with Crippen LogP contribution in [0.3, 0.4) is 0 Å². The minimum Gasteiger partial charge on any atom is -0.326 e. The highest BCUT2D eigenvalue weighted by Crippen LogP contribution is 2.16. The monoisotopic (exact) mass is 296 g/mol. The minimum atomic E-state index is -0.136. The number of hydrogen-bond donors (Lipinski definition) is 2. The van der Waals surface area contributed by atoms with E-state index >= 15 is 0 Å². The van der Waals surface area contributed by atoms with Crippen molar-refractivity contribution in [1.82, 2.24) is 0 Å². The van der Waals surface area contributed by atoms with Gasteiger partial charge in [0.2, 0.25) is 11.8 Å². The highest BCUT2D eigenvalue weighted by atomic mass is 16.2. The van der Waals surface area contributed by atoms with Gasteiger partial charge in [0, 0.05) is 24.7 Å². The predicted molar refractivity (Wildman–Crippen MR) is 88.9 cm³/mol. The van der Waals surface area contributed by atoms with Gasteiger partial charge in [-0.2, -0.15) is 0 Å². The number of benzene rings is 2. The summed E-state index contributed by atoms with van der Waals surface area (Å²) >= 11 is 0. The Morgan fingerprint density at radius 2 is 1.64 bits per heavy atom. The van der Waals surface area contributed by atoms with Crippen molar-refractivity contribution in [3.05, 3.63) is 59.7 Å². The first-order valence-electron chi connectivity index (χ1n) is 7.26. The van der Waals surface area contributed by atoms with Gasteiger partial charge in [-0.05, 0) is 42.7 Å². The topological polar surface area (TPSA) is 58.2 Å². The molecule has 0 aromatic heterocycles. The zero-order valence-electron chi connectivity index (χ0n) is 12.8. The Morgan fingerprint density at radius 3 is 2.32 bits per heavy atom. The van der Waals surface area contributed by atoms with Crippen LogP contribution in [0.25, 0.3) is 0 Å². The summed E-state index contributed by atoms with van der Waals surface area (Å²) in [6.45, 7) is 3.50. The van der Waals surface area contributed by atoms with Crippen molar-refractivity contribution in [2.45, 2.75) is 26.7 Å². The van der Waals surface area contributed by atoms with E-state index in [0.717, 1.165) is 0 Å². The standard InChI is InChI=1S/C18H20N2O2/c1-13-6-3-4-7-15(13)10-11-18(22)20-17-9-5-8-16(12-17)19-14(2)21/h3-9,12H,10-11H2,1-2H3,(H,19,21)(H,20,22). The van der Waals surface area contributed by atoms with Crippen LogP contribution in [0, 0.1) is 6.92 Å². The van der Waals surface area contributed by atoms with Crippen LogP contribution >= 0.6 is 0 Å². The number of amides is 2. The molecule has 2 amide bonds. The Kier molecular flexibility index (Phi) is 5.31. The molecule has 0 heterocycles. The predicted octanol–water partition coefficient (Wildman–Crippen LogP) is 3.52. The lowest BCUT2D eigenvalue weighted by Crippen LogP contribution is -2.13. The van der Waals surface area contributed by atoms with Crippen molar-refractivity contribution in [3.8, 4) is 0 Å². The molecule has 0 bridgehead atoms. The van der Waals surface area contributed by atoms with E-state index in [1.54, 1.807) is 24.3 Å². The molecule has 0 saturated heterocycles. The first-order chi connectivity index (χ1) is 10.5. The van der Waals surface area contributed by atoms with E-state index in [1.165, 1.54) is 18.1 Å². The third-order valence-electron chi connectivity index (χ3n) is 3.35. The average Bonchev–Trinajstić information content (AvgIpc) is 2.46. The Balaban J connectivity index is 1.92. The summed E-state index contributed by atoms with van der Waals surface area (Å²) in [6, 6.07) is 15.2. The third kappa shape index (κ3) is 4.74. The molecule has 2 rings (SSSR count). The molecule has 0 fully saturated rings. The maximum absolute atomic E-state index is 12.0. The van der Waals surface area contributed by atoms with Crippen LogP contribution < -0.4 is 10.6 Å². The lowest BCUT2D eigenvalue weighted by Gasteiger charge is -2.09.